The van der Waals surface area contributed by atoms with Crippen LogP contribution in [0.1, 0.15) is 32.6 Å². The molecule has 1 saturated carbocycles. The van der Waals surface area contributed by atoms with Crippen molar-refractivity contribution in [3.05, 3.63) is 0 Å². The zero-order chi connectivity index (χ0) is 11.1. The molecule has 1 atom stereocenters. The van der Waals surface area contributed by atoms with Crippen LogP contribution in [-0.2, 0) is 14.3 Å². The second-order valence-corrected chi connectivity index (χ2v) is 3.99. The quantitative estimate of drug-likeness (QED) is 0.486. The summed E-state index contributed by atoms with van der Waals surface area (Å²) in [6.45, 7) is 3.50. The fourth-order valence-corrected chi connectivity index (χ4v) is 1.34. The van der Waals surface area contributed by atoms with Gasteiger partial charge in [-0.15, -0.1) is 0 Å². The van der Waals surface area contributed by atoms with E-state index in [-0.39, 0.29) is 5.97 Å². The first-order valence-corrected chi connectivity index (χ1v) is 5.74. The van der Waals surface area contributed by atoms with Crippen LogP contribution in [0.15, 0.2) is 0 Å². The van der Waals surface area contributed by atoms with Crippen LogP contribution in [-0.4, -0.2) is 31.8 Å². The number of carbonyl (C=O) groups is 1. The maximum Gasteiger partial charge on any atom is 0.322 e. The minimum absolute atomic E-state index is 0.330. The number of ether oxygens (including phenoxy) is 2. The van der Waals surface area contributed by atoms with Gasteiger partial charge < -0.3 is 15.2 Å². The Labute approximate surface area is 91.1 Å². The molecular formula is C11H21NO3. The summed E-state index contributed by atoms with van der Waals surface area (Å²) in [5, 5.41) is 0. The highest BCUT2D eigenvalue weighted by molar-refractivity contribution is 5.75. The Kier molecular flexibility index (Phi) is 5.65. The molecule has 4 heteroatoms. The number of nitrogens with two attached hydrogens (primary N) is 1. The lowest BCUT2D eigenvalue weighted by Gasteiger charge is -2.10. The molecule has 0 heterocycles. The van der Waals surface area contributed by atoms with Crippen LogP contribution in [0, 0.1) is 5.92 Å². The van der Waals surface area contributed by atoms with Crippen LogP contribution in [0.3, 0.4) is 0 Å². The predicted octanol–water partition coefficient (Wildman–Crippen LogP) is 1.08. The van der Waals surface area contributed by atoms with Crippen LogP contribution < -0.4 is 5.73 Å². The van der Waals surface area contributed by atoms with Crippen molar-refractivity contribution in [1.29, 1.82) is 0 Å². The van der Waals surface area contributed by atoms with Gasteiger partial charge in [-0.05, 0) is 25.7 Å². The number of rotatable bonds is 8. The molecule has 0 aliphatic heterocycles. The van der Waals surface area contributed by atoms with Crippen molar-refractivity contribution in [3.8, 4) is 0 Å². The van der Waals surface area contributed by atoms with Gasteiger partial charge in [-0.1, -0.05) is 12.8 Å². The summed E-state index contributed by atoms with van der Waals surface area (Å²) in [7, 11) is 0. The van der Waals surface area contributed by atoms with Crippen LogP contribution in [0.25, 0.3) is 0 Å². The number of hydrogen-bond donors (Lipinski definition) is 1. The van der Waals surface area contributed by atoms with Gasteiger partial charge in [0.05, 0.1) is 6.61 Å². The van der Waals surface area contributed by atoms with Crippen molar-refractivity contribution < 1.29 is 14.3 Å². The molecule has 2 N–H and O–H groups in total. The molecule has 0 radical (unpaired) electrons. The molecule has 1 aliphatic carbocycles. The number of hydrogen-bond acceptors (Lipinski definition) is 4. The van der Waals surface area contributed by atoms with Gasteiger partial charge in [0.15, 0.2) is 0 Å². The van der Waals surface area contributed by atoms with Crippen molar-refractivity contribution in [2.75, 3.05) is 19.8 Å². The summed E-state index contributed by atoms with van der Waals surface area (Å²) in [5.41, 5.74) is 5.60. The van der Waals surface area contributed by atoms with Crippen LogP contribution in [0.4, 0.5) is 0 Å². The van der Waals surface area contributed by atoms with E-state index in [0.717, 1.165) is 18.9 Å². The van der Waals surface area contributed by atoms with Crippen LogP contribution in [0.2, 0.25) is 0 Å². The number of esters is 1. The molecule has 0 bridgehead atoms. The molecule has 1 unspecified atom stereocenters. The Balaban J connectivity index is 1.90. The minimum atomic E-state index is -0.536. The Morgan fingerprint density at radius 1 is 1.47 bits per heavy atom. The van der Waals surface area contributed by atoms with E-state index in [0.29, 0.717) is 19.6 Å². The SMILES string of the molecule is CCOC(=O)C(N)CCOCCC1CC1. The fourth-order valence-electron chi connectivity index (χ4n) is 1.34. The molecule has 0 saturated heterocycles. The standard InChI is InChI=1S/C11H21NO3/c1-2-15-11(13)10(12)6-8-14-7-5-9-3-4-9/h9-10H,2-8,12H2,1H3. The van der Waals surface area contributed by atoms with E-state index in [2.05, 4.69) is 0 Å². The molecule has 0 aromatic rings. The second kappa shape index (κ2) is 6.80. The molecule has 0 spiro atoms. The molecule has 0 aromatic heterocycles. The molecule has 88 valence electrons. The van der Waals surface area contributed by atoms with E-state index in [1.165, 1.54) is 12.8 Å². The first-order chi connectivity index (χ1) is 7.24. The van der Waals surface area contributed by atoms with Crippen molar-refractivity contribution >= 4 is 5.97 Å². The highest BCUT2D eigenvalue weighted by Crippen LogP contribution is 2.32. The third-order valence-electron chi connectivity index (χ3n) is 2.53. The summed E-state index contributed by atoms with van der Waals surface area (Å²) in [6.07, 6.45) is 4.40. The molecular weight excluding hydrogens is 194 g/mol. The molecule has 1 aliphatic rings. The van der Waals surface area contributed by atoms with Crippen molar-refractivity contribution in [1.82, 2.24) is 0 Å². The topological polar surface area (TPSA) is 61.5 Å². The van der Waals surface area contributed by atoms with E-state index in [1.54, 1.807) is 6.92 Å². The Morgan fingerprint density at radius 2 is 2.20 bits per heavy atom. The van der Waals surface area contributed by atoms with Gasteiger partial charge in [-0.2, -0.15) is 0 Å². The van der Waals surface area contributed by atoms with E-state index >= 15 is 0 Å². The van der Waals surface area contributed by atoms with Gasteiger partial charge in [-0.3, -0.25) is 4.79 Å². The maximum atomic E-state index is 11.1. The third kappa shape index (κ3) is 5.74. The van der Waals surface area contributed by atoms with E-state index in [9.17, 15) is 4.79 Å². The summed E-state index contributed by atoms with van der Waals surface area (Å²) >= 11 is 0. The Hall–Kier alpha value is -0.610. The lowest BCUT2D eigenvalue weighted by atomic mass is 10.2. The first kappa shape index (κ1) is 12.5. The van der Waals surface area contributed by atoms with Gasteiger partial charge in [0.25, 0.3) is 0 Å². The minimum Gasteiger partial charge on any atom is -0.465 e. The highest BCUT2D eigenvalue weighted by atomic mass is 16.5. The molecule has 1 rings (SSSR count). The average Bonchev–Trinajstić information content (AvgIpc) is 3.01. The van der Waals surface area contributed by atoms with Crippen LogP contribution in [0.5, 0.6) is 0 Å². The summed E-state index contributed by atoms with van der Waals surface area (Å²) in [4.78, 5) is 11.1. The van der Waals surface area contributed by atoms with Gasteiger partial charge in [-0.25, -0.2) is 0 Å². The average molecular weight is 215 g/mol. The maximum absolute atomic E-state index is 11.1. The molecule has 4 nitrogen and oxygen atoms in total. The second-order valence-electron chi connectivity index (χ2n) is 3.99. The van der Waals surface area contributed by atoms with Crippen molar-refractivity contribution in [2.24, 2.45) is 11.7 Å². The summed E-state index contributed by atoms with van der Waals surface area (Å²) in [5.74, 6) is 0.562. The molecule has 15 heavy (non-hydrogen) atoms. The molecule has 1 fully saturated rings. The van der Waals surface area contributed by atoms with E-state index in [1.807, 2.05) is 0 Å². The lowest BCUT2D eigenvalue weighted by molar-refractivity contribution is -0.145. The monoisotopic (exact) mass is 215 g/mol. The van der Waals surface area contributed by atoms with E-state index in [4.69, 9.17) is 15.2 Å². The summed E-state index contributed by atoms with van der Waals surface area (Å²) < 4.78 is 10.2. The van der Waals surface area contributed by atoms with Gasteiger partial charge in [0.1, 0.15) is 6.04 Å². The zero-order valence-corrected chi connectivity index (χ0v) is 9.41. The van der Waals surface area contributed by atoms with Gasteiger partial charge in [0.2, 0.25) is 0 Å². The predicted molar refractivity (Wildman–Crippen MR) is 57.4 cm³/mol. The Morgan fingerprint density at radius 3 is 2.80 bits per heavy atom. The normalized spacial score (nSPS) is 17.5. The van der Waals surface area contributed by atoms with Crippen molar-refractivity contribution in [3.63, 3.8) is 0 Å². The van der Waals surface area contributed by atoms with Crippen LogP contribution >= 0.6 is 0 Å². The highest BCUT2D eigenvalue weighted by Gasteiger charge is 2.20. The van der Waals surface area contributed by atoms with Crippen molar-refractivity contribution in [2.45, 2.75) is 38.6 Å². The summed E-state index contributed by atoms with van der Waals surface area (Å²) in [6, 6.07) is -0.536. The van der Waals surface area contributed by atoms with E-state index < -0.39 is 6.04 Å². The fraction of sp³-hybridized carbons (Fsp3) is 0.909. The smallest absolute Gasteiger partial charge is 0.322 e. The molecule has 0 aromatic carbocycles. The van der Waals surface area contributed by atoms with Gasteiger partial charge in [0, 0.05) is 13.2 Å². The molecule has 0 amide bonds. The lowest BCUT2D eigenvalue weighted by Crippen LogP contribution is -2.33. The third-order valence-corrected chi connectivity index (χ3v) is 2.53. The van der Waals surface area contributed by atoms with Gasteiger partial charge >= 0.3 is 5.97 Å². The Bertz CT molecular complexity index is 192. The largest absolute Gasteiger partial charge is 0.465 e. The number of carbonyl (C=O) groups excluding carboxylic acids is 1. The first-order valence-electron chi connectivity index (χ1n) is 5.74. The zero-order valence-electron chi connectivity index (χ0n) is 9.41.